The standard InChI is InChI=1S/C21H17N3O4S/c1-3-28-17-7-5-4-6-16(17)24-19(26)14-9-8-13(10-15(14)20(24)27)18(25)23-21-22-12(2)11-29-21/h4-11H,3H2,1-2H3,(H,22,23,25). The molecule has 4 rings (SSSR count). The lowest BCUT2D eigenvalue weighted by Gasteiger charge is -2.17. The number of carbonyl (C=O) groups is 3. The first-order valence-corrected chi connectivity index (χ1v) is 9.85. The van der Waals surface area contributed by atoms with Crippen LogP contribution in [0.2, 0.25) is 0 Å². The topological polar surface area (TPSA) is 88.6 Å². The fraction of sp³-hybridized carbons (Fsp3) is 0.143. The molecule has 0 spiro atoms. The van der Waals surface area contributed by atoms with Gasteiger partial charge in [0.05, 0.1) is 29.1 Å². The maximum absolute atomic E-state index is 13.0. The third-order valence-electron chi connectivity index (χ3n) is 4.39. The Morgan fingerprint density at radius 2 is 1.90 bits per heavy atom. The number of hydrogen-bond donors (Lipinski definition) is 1. The SMILES string of the molecule is CCOc1ccccc1N1C(=O)c2ccc(C(=O)Nc3nc(C)cs3)cc2C1=O. The van der Waals surface area contributed by atoms with Gasteiger partial charge in [0.15, 0.2) is 5.13 Å². The summed E-state index contributed by atoms with van der Waals surface area (Å²) in [5.41, 5.74) is 1.90. The minimum Gasteiger partial charge on any atom is -0.492 e. The van der Waals surface area contributed by atoms with Crippen LogP contribution in [0.3, 0.4) is 0 Å². The number of aryl methyl sites for hydroxylation is 1. The van der Waals surface area contributed by atoms with E-state index in [0.29, 0.717) is 23.2 Å². The molecule has 0 unspecified atom stereocenters. The van der Waals surface area contributed by atoms with Crippen LogP contribution in [-0.4, -0.2) is 29.3 Å². The van der Waals surface area contributed by atoms with E-state index < -0.39 is 17.7 Å². The maximum Gasteiger partial charge on any atom is 0.266 e. The molecule has 0 atom stereocenters. The molecule has 1 aromatic heterocycles. The Morgan fingerprint density at radius 3 is 2.62 bits per heavy atom. The van der Waals surface area contributed by atoms with Gasteiger partial charge >= 0.3 is 0 Å². The Balaban J connectivity index is 1.65. The van der Waals surface area contributed by atoms with Crippen LogP contribution in [0.5, 0.6) is 5.75 Å². The molecule has 29 heavy (non-hydrogen) atoms. The Kier molecular flexibility index (Phi) is 4.85. The number of imide groups is 1. The fourth-order valence-electron chi connectivity index (χ4n) is 3.10. The summed E-state index contributed by atoms with van der Waals surface area (Å²) in [6, 6.07) is 11.3. The lowest BCUT2D eigenvalue weighted by atomic mass is 10.1. The summed E-state index contributed by atoms with van der Waals surface area (Å²) in [6.45, 7) is 4.06. The zero-order chi connectivity index (χ0) is 20.5. The number of nitrogens with one attached hydrogen (secondary N) is 1. The molecule has 3 aromatic rings. The van der Waals surface area contributed by atoms with Crippen LogP contribution in [0.4, 0.5) is 10.8 Å². The molecular formula is C21H17N3O4S. The Labute approximate surface area is 170 Å². The zero-order valence-electron chi connectivity index (χ0n) is 15.8. The highest BCUT2D eigenvalue weighted by molar-refractivity contribution is 7.13. The molecule has 1 aliphatic heterocycles. The van der Waals surface area contributed by atoms with Gasteiger partial charge < -0.3 is 4.74 Å². The number of anilines is 2. The van der Waals surface area contributed by atoms with Gasteiger partial charge in [-0.05, 0) is 44.2 Å². The second-order valence-corrected chi connectivity index (χ2v) is 7.21. The van der Waals surface area contributed by atoms with Gasteiger partial charge in [-0.15, -0.1) is 11.3 Å². The molecule has 1 N–H and O–H groups in total. The molecule has 3 amide bonds. The maximum atomic E-state index is 13.0. The van der Waals surface area contributed by atoms with E-state index in [2.05, 4.69) is 10.3 Å². The predicted molar refractivity (Wildman–Crippen MR) is 110 cm³/mol. The van der Waals surface area contributed by atoms with Gasteiger partial charge in [-0.1, -0.05) is 12.1 Å². The van der Waals surface area contributed by atoms with Gasteiger partial charge in [-0.2, -0.15) is 0 Å². The molecule has 146 valence electrons. The number of benzene rings is 2. The van der Waals surface area contributed by atoms with Crippen LogP contribution >= 0.6 is 11.3 Å². The summed E-state index contributed by atoms with van der Waals surface area (Å²) in [5, 5.41) is 5.01. The van der Waals surface area contributed by atoms with Crippen molar-refractivity contribution in [3.63, 3.8) is 0 Å². The minimum atomic E-state index is -0.489. The first-order chi connectivity index (χ1) is 14.0. The zero-order valence-corrected chi connectivity index (χ0v) is 16.6. The van der Waals surface area contributed by atoms with Crippen LogP contribution in [0.1, 0.15) is 43.7 Å². The number of rotatable bonds is 5. The van der Waals surface area contributed by atoms with E-state index >= 15 is 0 Å². The van der Waals surface area contributed by atoms with E-state index in [9.17, 15) is 14.4 Å². The highest BCUT2D eigenvalue weighted by Gasteiger charge is 2.38. The van der Waals surface area contributed by atoms with Crippen molar-refractivity contribution in [3.05, 3.63) is 70.2 Å². The molecule has 0 saturated heterocycles. The molecule has 8 heteroatoms. The van der Waals surface area contributed by atoms with E-state index in [1.165, 1.54) is 29.5 Å². The van der Waals surface area contributed by atoms with Crippen LogP contribution in [0.25, 0.3) is 0 Å². The monoisotopic (exact) mass is 407 g/mol. The molecule has 0 saturated carbocycles. The summed E-state index contributed by atoms with van der Waals surface area (Å²) >= 11 is 1.32. The van der Waals surface area contributed by atoms with Gasteiger partial charge in [0, 0.05) is 10.9 Å². The molecule has 7 nitrogen and oxygen atoms in total. The molecule has 0 fully saturated rings. The molecule has 2 aromatic carbocycles. The van der Waals surface area contributed by atoms with Gasteiger partial charge in [-0.25, -0.2) is 9.88 Å². The van der Waals surface area contributed by atoms with Crippen molar-refractivity contribution in [2.45, 2.75) is 13.8 Å². The third-order valence-corrected chi connectivity index (χ3v) is 5.27. The molecule has 0 aliphatic carbocycles. The average Bonchev–Trinajstić information content (AvgIpc) is 3.23. The van der Waals surface area contributed by atoms with Crippen molar-refractivity contribution in [2.24, 2.45) is 0 Å². The number of carbonyl (C=O) groups excluding carboxylic acids is 3. The lowest BCUT2D eigenvalue weighted by molar-refractivity contribution is 0.0924. The van der Waals surface area contributed by atoms with E-state index in [4.69, 9.17) is 4.74 Å². The van der Waals surface area contributed by atoms with Crippen molar-refractivity contribution in [2.75, 3.05) is 16.8 Å². The van der Waals surface area contributed by atoms with Gasteiger partial charge in [0.25, 0.3) is 17.7 Å². The van der Waals surface area contributed by atoms with Crippen molar-refractivity contribution in [1.29, 1.82) is 0 Å². The summed E-state index contributed by atoms with van der Waals surface area (Å²) in [4.78, 5) is 43.7. The third kappa shape index (κ3) is 3.38. The highest BCUT2D eigenvalue weighted by Crippen LogP contribution is 2.35. The highest BCUT2D eigenvalue weighted by atomic mass is 32.1. The summed E-state index contributed by atoms with van der Waals surface area (Å²) in [7, 11) is 0. The molecule has 0 bridgehead atoms. The Hall–Kier alpha value is -3.52. The molecule has 2 heterocycles. The lowest BCUT2D eigenvalue weighted by Crippen LogP contribution is -2.29. The number of aromatic nitrogens is 1. The number of ether oxygens (including phenoxy) is 1. The number of nitrogens with zero attached hydrogens (tertiary/aromatic N) is 2. The van der Waals surface area contributed by atoms with Gasteiger partial charge in [0.2, 0.25) is 0 Å². The van der Waals surface area contributed by atoms with E-state index in [-0.39, 0.29) is 16.7 Å². The number of amides is 3. The molecule has 0 radical (unpaired) electrons. The van der Waals surface area contributed by atoms with Crippen molar-refractivity contribution >= 4 is 39.9 Å². The van der Waals surface area contributed by atoms with Crippen molar-refractivity contribution in [1.82, 2.24) is 4.98 Å². The first kappa shape index (κ1) is 18.8. The minimum absolute atomic E-state index is 0.185. The number of fused-ring (bicyclic) bond motifs is 1. The summed E-state index contributed by atoms with van der Waals surface area (Å²) in [6.07, 6.45) is 0. The van der Waals surface area contributed by atoms with Crippen LogP contribution in [0, 0.1) is 6.92 Å². The second-order valence-electron chi connectivity index (χ2n) is 6.35. The van der Waals surface area contributed by atoms with Crippen LogP contribution in [0.15, 0.2) is 47.8 Å². The van der Waals surface area contributed by atoms with Crippen molar-refractivity contribution < 1.29 is 19.1 Å². The van der Waals surface area contributed by atoms with Gasteiger partial charge in [-0.3, -0.25) is 19.7 Å². The van der Waals surface area contributed by atoms with Crippen molar-refractivity contribution in [3.8, 4) is 5.75 Å². The normalized spacial score (nSPS) is 12.8. The van der Waals surface area contributed by atoms with Gasteiger partial charge in [0.1, 0.15) is 5.75 Å². The largest absolute Gasteiger partial charge is 0.492 e. The number of hydrogen-bond acceptors (Lipinski definition) is 6. The van der Waals surface area contributed by atoms with E-state index in [1.54, 1.807) is 24.3 Å². The Bertz CT molecular complexity index is 1140. The molecular weight excluding hydrogens is 390 g/mol. The van der Waals surface area contributed by atoms with Crippen LogP contribution < -0.4 is 15.0 Å². The quantitative estimate of drug-likeness (QED) is 0.648. The van der Waals surface area contributed by atoms with Crippen LogP contribution in [-0.2, 0) is 0 Å². The number of thiazole rings is 1. The van der Waals surface area contributed by atoms with E-state index in [1.807, 2.05) is 19.2 Å². The second kappa shape index (κ2) is 7.48. The first-order valence-electron chi connectivity index (χ1n) is 8.97. The Morgan fingerprint density at radius 1 is 1.14 bits per heavy atom. The number of para-hydroxylation sites is 2. The smallest absolute Gasteiger partial charge is 0.266 e. The van der Waals surface area contributed by atoms with E-state index in [0.717, 1.165) is 10.6 Å². The fourth-order valence-corrected chi connectivity index (χ4v) is 3.78. The predicted octanol–water partition coefficient (Wildman–Crippen LogP) is 3.90. The summed E-state index contributed by atoms with van der Waals surface area (Å²) < 4.78 is 5.56. The molecule has 1 aliphatic rings. The average molecular weight is 407 g/mol. The summed E-state index contributed by atoms with van der Waals surface area (Å²) in [5.74, 6) is -0.881.